The summed E-state index contributed by atoms with van der Waals surface area (Å²) >= 11 is 1.83. The number of aliphatic imine (C=N–C) groups is 2. The molecule has 0 fully saturated rings. The van der Waals surface area contributed by atoms with E-state index in [0.29, 0.717) is 5.84 Å². The van der Waals surface area contributed by atoms with Crippen molar-refractivity contribution in [3.05, 3.63) is 211 Å². The summed E-state index contributed by atoms with van der Waals surface area (Å²) in [6, 6.07) is 68.0. The highest BCUT2D eigenvalue weighted by molar-refractivity contribution is 7.26. The van der Waals surface area contributed by atoms with Gasteiger partial charge in [0.15, 0.2) is 5.84 Å². The largest absolute Gasteiger partial charge is 0.455 e. The van der Waals surface area contributed by atoms with Gasteiger partial charge >= 0.3 is 0 Å². The first-order valence-electron chi connectivity index (χ1n) is 19.1. The molecule has 0 radical (unpaired) electrons. The summed E-state index contributed by atoms with van der Waals surface area (Å²) in [4.78, 5) is 12.9. The third-order valence-electron chi connectivity index (χ3n) is 10.7. The number of amidine groups is 2. The van der Waals surface area contributed by atoms with Crippen molar-refractivity contribution >= 4 is 82.2 Å². The lowest BCUT2D eigenvalue weighted by Crippen LogP contribution is -2.33. The fourth-order valence-electron chi connectivity index (χ4n) is 8.04. The topological polar surface area (TPSA) is 53.1 Å². The van der Waals surface area contributed by atoms with Gasteiger partial charge in [-0.3, -0.25) is 0 Å². The zero-order valence-corrected chi connectivity index (χ0v) is 31.5. The van der Waals surface area contributed by atoms with Gasteiger partial charge < -0.3 is 14.6 Å². The molecule has 3 heterocycles. The van der Waals surface area contributed by atoms with Crippen molar-refractivity contribution in [2.45, 2.75) is 6.17 Å². The molecule has 1 aliphatic heterocycles. The van der Waals surface area contributed by atoms with E-state index in [1.54, 1.807) is 0 Å². The van der Waals surface area contributed by atoms with Crippen LogP contribution in [-0.2, 0) is 0 Å². The maximum Gasteiger partial charge on any atom is 0.163 e. The first-order valence-corrected chi connectivity index (χ1v) is 19.9. The Hall–Kier alpha value is -7.28. The minimum absolute atomic E-state index is 0.335. The molecule has 1 atom stereocenters. The normalized spacial score (nSPS) is 14.1. The number of furan rings is 1. The lowest BCUT2D eigenvalue weighted by molar-refractivity contribution is 0.663. The van der Waals surface area contributed by atoms with E-state index in [4.69, 9.17) is 14.4 Å². The molecular formula is C51H34N4OS. The number of rotatable bonds is 7. The average molecular weight is 751 g/mol. The van der Waals surface area contributed by atoms with E-state index < -0.39 is 0 Å². The van der Waals surface area contributed by atoms with Crippen LogP contribution >= 0.6 is 11.3 Å². The quantitative estimate of drug-likeness (QED) is 0.176. The van der Waals surface area contributed by atoms with Crippen molar-refractivity contribution in [3.63, 3.8) is 0 Å². The Labute approximate surface area is 333 Å². The highest BCUT2D eigenvalue weighted by Gasteiger charge is 2.27. The van der Waals surface area contributed by atoms with Gasteiger partial charge in [0.2, 0.25) is 0 Å². The molecule has 0 bridgehead atoms. The van der Waals surface area contributed by atoms with Gasteiger partial charge in [-0.1, -0.05) is 152 Å². The third-order valence-corrected chi connectivity index (χ3v) is 12.0. The van der Waals surface area contributed by atoms with Crippen molar-refractivity contribution in [1.82, 2.24) is 5.32 Å². The van der Waals surface area contributed by atoms with Crippen molar-refractivity contribution < 1.29 is 4.42 Å². The third kappa shape index (κ3) is 5.77. The Morgan fingerprint density at radius 2 is 1.18 bits per heavy atom. The number of para-hydroxylation sites is 1. The molecule has 270 valence electrons. The second-order valence-electron chi connectivity index (χ2n) is 14.2. The van der Waals surface area contributed by atoms with Gasteiger partial charge in [-0.2, -0.15) is 0 Å². The number of nitrogens with one attached hydrogen (secondary N) is 1. The molecule has 0 aliphatic carbocycles. The molecule has 1 N–H and O–H groups in total. The van der Waals surface area contributed by atoms with E-state index in [-0.39, 0.29) is 6.17 Å². The van der Waals surface area contributed by atoms with Crippen molar-refractivity contribution in [2.24, 2.45) is 9.98 Å². The van der Waals surface area contributed by atoms with Crippen LogP contribution < -0.4 is 10.2 Å². The Morgan fingerprint density at radius 3 is 1.96 bits per heavy atom. The van der Waals surface area contributed by atoms with Crippen LogP contribution in [0.5, 0.6) is 0 Å². The average Bonchev–Trinajstić information content (AvgIpc) is 3.87. The molecule has 11 rings (SSSR count). The van der Waals surface area contributed by atoms with Crippen molar-refractivity contribution in [3.8, 4) is 11.1 Å². The van der Waals surface area contributed by atoms with Crippen LogP contribution in [0.4, 0.5) is 17.1 Å². The summed E-state index contributed by atoms with van der Waals surface area (Å²) in [5, 5.41) is 8.13. The second-order valence-corrected chi connectivity index (χ2v) is 15.2. The highest BCUT2D eigenvalue weighted by atomic mass is 32.1. The molecule has 0 saturated heterocycles. The summed E-state index contributed by atoms with van der Waals surface area (Å²) in [5.41, 5.74) is 9.94. The summed E-state index contributed by atoms with van der Waals surface area (Å²) in [6.07, 6.45) is -0.335. The number of nitrogens with zero attached hydrogens (tertiary/aromatic N) is 3. The van der Waals surface area contributed by atoms with Crippen LogP contribution in [0, 0.1) is 0 Å². The molecule has 1 unspecified atom stereocenters. The van der Waals surface area contributed by atoms with Gasteiger partial charge in [0.1, 0.15) is 23.2 Å². The van der Waals surface area contributed by atoms with Gasteiger partial charge in [0.25, 0.3) is 0 Å². The number of thiophene rings is 1. The molecule has 8 aromatic carbocycles. The Balaban J connectivity index is 1.16. The lowest BCUT2D eigenvalue weighted by Gasteiger charge is -2.28. The monoisotopic (exact) mass is 750 g/mol. The van der Waals surface area contributed by atoms with Gasteiger partial charge in [-0.15, -0.1) is 11.3 Å². The van der Waals surface area contributed by atoms with Crippen molar-refractivity contribution in [2.75, 3.05) is 4.90 Å². The fraction of sp³-hybridized carbons (Fsp3) is 0.0196. The Kier molecular flexibility index (Phi) is 8.00. The van der Waals surface area contributed by atoms with Gasteiger partial charge in [-0.05, 0) is 59.2 Å². The van der Waals surface area contributed by atoms with Gasteiger partial charge in [0.05, 0.1) is 27.0 Å². The Bertz CT molecular complexity index is 3150. The molecule has 57 heavy (non-hydrogen) atoms. The number of anilines is 3. The molecule has 1 aliphatic rings. The van der Waals surface area contributed by atoms with Gasteiger partial charge in [-0.25, -0.2) is 9.98 Å². The minimum atomic E-state index is -0.335. The van der Waals surface area contributed by atoms with E-state index in [1.165, 1.54) is 25.7 Å². The summed E-state index contributed by atoms with van der Waals surface area (Å²) in [7, 11) is 0. The molecule has 0 amide bonds. The van der Waals surface area contributed by atoms with E-state index in [0.717, 1.165) is 67.1 Å². The molecule has 6 heteroatoms. The second kappa shape index (κ2) is 13.8. The van der Waals surface area contributed by atoms with Crippen LogP contribution in [0.15, 0.2) is 209 Å². The first kappa shape index (κ1) is 33.1. The van der Waals surface area contributed by atoms with Crippen LogP contribution in [0.25, 0.3) is 53.2 Å². The molecule has 10 aromatic rings. The molecule has 0 spiro atoms. The van der Waals surface area contributed by atoms with E-state index in [9.17, 15) is 0 Å². The Morgan fingerprint density at radius 1 is 0.526 bits per heavy atom. The zero-order valence-electron chi connectivity index (χ0n) is 30.7. The number of hydrogen-bond acceptors (Lipinski definition) is 6. The smallest absolute Gasteiger partial charge is 0.163 e. The maximum absolute atomic E-state index is 6.90. The summed E-state index contributed by atoms with van der Waals surface area (Å²) in [5.74, 6) is 1.38. The lowest BCUT2D eigenvalue weighted by atomic mass is 10.0. The van der Waals surface area contributed by atoms with Crippen LogP contribution in [0.3, 0.4) is 0 Å². The predicted octanol–water partition coefficient (Wildman–Crippen LogP) is 13.6. The molecule has 0 saturated carbocycles. The van der Waals surface area contributed by atoms with Crippen LogP contribution in [-0.4, -0.2) is 11.7 Å². The predicted molar refractivity (Wildman–Crippen MR) is 239 cm³/mol. The fourth-order valence-corrected chi connectivity index (χ4v) is 9.25. The van der Waals surface area contributed by atoms with Crippen LogP contribution in [0.1, 0.15) is 22.9 Å². The standard InChI is InChI=1S/C51H34N4OS/c1-4-15-33(16-5-1)34-27-29-37(30-28-34)55(43-24-14-23-39-38-21-11-13-26-45(38)57-48(39)43)42-32-31-41(47-46(42)40-22-10-12-25-44(40)56-47)51-53-49(35-17-6-2-7-18-35)52-50(54-51)36-19-8-3-9-20-36/h1-32,49H,(H,52,53,54). The zero-order chi connectivity index (χ0) is 37.7. The first-order chi connectivity index (χ1) is 28.3. The van der Waals surface area contributed by atoms with Crippen molar-refractivity contribution in [1.29, 1.82) is 0 Å². The molecule has 5 nitrogen and oxygen atoms in total. The van der Waals surface area contributed by atoms with E-state index in [1.807, 2.05) is 59.9 Å². The van der Waals surface area contributed by atoms with E-state index in [2.05, 4.69) is 156 Å². The minimum Gasteiger partial charge on any atom is -0.455 e. The summed E-state index contributed by atoms with van der Waals surface area (Å²) in [6.45, 7) is 0. The van der Waals surface area contributed by atoms with E-state index >= 15 is 0 Å². The number of hydrogen-bond donors (Lipinski definition) is 1. The maximum atomic E-state index is 6.90. The molecule has 2 aromatic heterocycles. The number of fused-ring (bicyclic) bond motifs is 6. The SMILES string of the molecule is c1ccc(C2=NC(c3ccc(N(c4ccc(-c5ccccc5)cc4)c4cccc5c4sc4ccccc45)c4c3oc3ccccc34)=NC(c3ccccc3)N2)cc1. The molecular weight excluding hydrogens is 717 g/mol. The number of benzene rings is 8. The summed E-state index contributed by atoms with van der Waals surface area (Å²) < 4.78 is 9.38. The van der Waals surface area contributed by atoms with Crippen LogP contribution in [0.2, 0.25) is 0 Å². The highest BCUT2D eigenvalue weighted by Crippen LogP contribution is 2.49. The van der Waals surface area contributed by atoms with Gasteiger partial charge in [0, 0.05) is 32.1 Å².